The molecular formula is C27H28N4O5S. The van der Waals surface area contributed by atoms with Crippen LogP contribution in [0.25, 0.3) is 11.0 Å². The van der Waals surface area contributed by atoms with E-state index < -0.39 is 15.6 Å². The van der Waals surface area contributed by atoms with Crippen LogP contribution < -0.4 is 10.9 Å². The van der Waals surface area contributed by atoms with E-state index in [2.05, 4.69) is 15.3 Å². The van der Waals surface area contributed by atoms with Gasteiger partial charge in [-0.1, -0.05) is 0 Å². The van der Waals surface area contributed by atoms with Gasteiger partial charge in [-0.25, -0.2) is 23.2 Å². The molecule has 4 saturated carbocycles. The lowest BCUT2D eigenvalue weighted by atomic mass is 9.49. The summed E-state index contributed by atoms with van der Waals surface area (Å²) in [5.74, 6) is 2.59. The number of rotatable bonds is 4. The Labute approximate surface area is 214 Å². The Morgan fingerprint density at radius 2 is 1.76 bits per heavy atom. The van der Waals surface area contributed by atoms with Crippen LogP contribution in [-0.2, 0) is 27.8 Å². The molecule has 192 valence electrons. The summed E-state index contributed by atoms with van der Waals surface area (Å²) < 4.78 is 33.4. The molecule has 1 N–H and O–H groups in total. The number of nitrogens with zero attached hydrogens (tertiary/aromatic N) is 3. The SMILES string of the molecule is O=C(Nc1ncnc2c1CCN(S(=O)(=O)c1ccc3oc(=O)ccc3c1)C2)C12CC3CC(CC(C3)C1)C2. The minimum atomic E-state index is -3.81. The minimum absolute atomic E-state index is 0.0744. The molecule has 3 heterocycles. The van der Waals surface area contributed by atoms with Crippen molar-refractivity contribution in [1.82, 2.24) is 14.3 Å². The van der Waals surface area contributed by atoms with Gasteiger partial charge in [-0.05, 0) is 87.0 Å². The molecule has 5 aliphatic rings. The van der Waals surface area contributed by atoms with Gasteiger partial charge < -0.3 is 9.73 Å². The van der Waals surface area contributed by atoms with Crippen molar-refractivity contribution in [3.63, 3.8) is 0 Å². The molecule has 0 radical (unpaired) electrons. The molecule has 1 aliphatic heterocycles. The number of fused-ring (bicyclic) bond motifs is 2. The number of nitrogens with one attached hydrogen (secondary N) is 1. The van der Waals surface area contributed by atoms with Crippen LogP contribution in [-0.4, -0.2) is 35.1 Å². The predicted octanol–water partition coefficient (Wildman–Crippen LogP) is 3.48. The lowest BCUT2D eigenvalue weighted by molar-refractivity contribution is -0.140. The van der Waals surface area contributed by atoms with Gasteiger partial charge in [0, 0.05) is 23.6 Å². The van der Waals surface area contributed by atoms with Crippen molar-refractivity contribution >= 4 is 32.7 Å². The normalized spacial score (nSPS) is 28.8. The molecule has 0 unspecified atom stereocenters. The van der Waals surface area contributed by atoms with Crippen molar-refractivity contribution < 1.29 is 17.6 Å². The zero-order valence-electron chi connectivity index (χ0n) is 20.4. The second kappa shape index (κ2) is 8.19. The Kier molecular flexibility index (Phi) is 5.10. The topological polar surface area (TPSA) is 122 Å². The summed E-state index contributed by atoms with van der Waals surface area (Å²) in [6, 6.07) is 7.29. The average Bonchev–Trinajstić information content (AvgIpc) is 2.87. The van der Waals surface area contributed by atoms with Crippen LogP contribution in [0.1, 0.15) is 49.8 Å². The lowest BCUT2D eigenvalue weighted by Gasteiger charge is -2.55. The van der Waals surface area contributed by atoms with E-state index >= 15 is 0 Å². The highest BCUT2D eigenvalue weighted by atomic mass is 32.2. The first-order valence-electron chi connectivity index (χ1n) is 13.0. The molecule has 10 heteroatoms. The summed E-state index contributed by atoms with van der Waals surface area (Å²) in [6.07, 6.45) is 8.54. The maximum absolute atomic E-state index is 13.6. The van der Waals surface area contributed by atoms with Gasteiger partial charge in [0.25, 0.3) is 0 Å². The van der Waals surface area contributed by atoms with Crippen molar-refractivity contribution in [3.05, 3.63) is 58.3 Å². The molecule has 0 saturated heterocycles. The van der Waals surface area contributed by atoms with Gasteiger partial charge in [-0.2, -0.15) is 4.31 Å². The summed E-state index contributed by atoms with van der Waals surface area (Å²) in [6.45, 7) is 0.354. The molecule has 1 amide bonds. The molecule has 1 aromatic carbocycles. The van der Waals surface area contributed by atoms with Gasteiger partial charge in [0.1, 0.15) is 17.7 Å². The molecule has 0 atom stereocenters. The highest BCUT2D eigenvalue weighted by molar-refractivity contribution is 7.89. The molecular weight excluding hydrogens is 492 g/mol. The first-order chi connectivity index (χ1) is 17.8. The van der Waals surface area contributed by atoms with Gasteiger partial charge in [0.05, 0.1) is 22.5 Å². The lowest BCUT2D eigenvalue weighted by Crippen LogP contribution is -2.52. The number of hydrogen-bond donors (Lipinski definition) is 1. The molecule has 4 bridgehead atoms. The monoisotopic (exact) mass is 520 g/mol. The number of aromatic nitrogens is 2. The van der Waals surface area contributed by atoms with Crippen LogP contribution in [0, 0.1) is 23.2 Å². The van der Waals surface area contributed by atoms with Gasteiger partial charge >= 0.3 is 5.63 Å². The minimum Gasteiger partial charge on any atom is -0.423 e. The molecule has 4 fully saturated rings. The molecule has 37 heavy (non-hydrogen) atoms. The predicted molar refractivity (Wildman–Crippen MR) is 135 cm³/mol. The van der Waals surface area contributed by atoms with E-state index in [-0.39, 0.29) is 29.3 Å². The zero-order valence-corrected chi connectivity index (χ0v) is 21.2. The van der Waals surface area contributed by atoms with E-state index in [0.717, 1.165) is 24.8 Å². The Morgan fingerprint density at radius 3 is 2.49 bits per heavy atom. The summed E-state index contributed by atoms with van der Waals surface area (Å²) in [5.41, 5.74) is 0.986. The van der Waals surface area contributed by atoms with Crippen molar-refractivity contribution in [2.75, 3.05) is 11.9 Å². The van der Waals surface area contributed by atoms with Crippen LogP contribution in [0.2, 0.25) is 0 Å². The largest absolute Gasteiger partial charge is 0.423 e. The molecule has 0 spiro atoms. The third-order valence-electron chi connectivity index (χ3n) is 8.95. The van der Waals surface area contributed by atoms with Crippen LogP contribution in [0.5, 0.6) is 0 Å². The first kappa shape index (κ1) is 23.0. The van der Waals surface area contributed by atoms with Crippen LogP contribution in [0.4, 0.5) is 5.82 Å². The fourth-order valence-electron chi connectivity index (χ4n) is 7.63. The number of sulfonamides is 1. The molecule has 8 rings (SSSR count). The van der Waals surface area contributed by atoms with Crippen LogP contribution >= 0.6 is 0 Å². The maximum atomic E-state index is 13.6. The van der Waals surface area contributed by atoms with Crippen molar-refractivity contribution in [2.45, 2.75) is 56.4 Å². The molecule has 2 aromatic heterocycles. The number of anilines is 1. The number of hydrogen-bond acceptors (Lipinski definition) is 7. The number of benzene rings is 1. The first-order valence-corrected chi connectivity index (χ1v) is 14.4. The van der Waals surface area contributed by atoms with Crippen LogP contribution in [0.3, 0.4) is 0 Å². The third kappa shape index (κ3) is 3.80. The Morgan fingerprint density at radius 1 is 1.03 bits per heavy atom. The zero-order chi connectivity index (χ0) is 25.4. The highest BCUT2D eigenvalue weighted by Crippen LogP contribution is 2.60. The van der Waals surface area contributed by atoms with E-state index in [1.54, 1.807) is 6.07 Å². The van der Waals surface area contributed by atoms with Gasteiger partial charge in [0.15, 0.2) is 0 Å². The van der Waals surface area contributed by atoms with E-state index in [9.17, 15) is 18.0 Å². The second-order valence-corrected chi connectivity index (χ2v) is 13.3. The van der Waals surface area contributed by atoms with Crippen LogP contribution in [0.15, 0.2) is 50.8 Å². The summed E-state index contributed by atoms with van der Waals surface area (Å²) in [4.78, 5) is 33.9. The highest BCUT2D eigenvalue weighted by Gasteiger charge is 2.54. The smallest absolute Gasteiger partial charge is 0.336 e. The second-order valence-electron chi connectivity index (χ2n) is 11.3. The van der Waals surface area contributed by atoms with Crippen molar-refractivity contribution in [1.29, 1.82) is 0 Å². The molecule has 9 nitrogen and oxygen atoms in total. The Balaban J connectivity index is 1.13. The quantitative estimate of drug-likeness (QED) is 0.523. The third-order valence-corrected chi connectivity index (χ3v) is 10.8. The van der Waals surface area contributed by atoms with Gasteiger partial charge in [-0.15, -0.1) is 0 Å². The van der Waals surface area contributed by atoms with E-state index in [0.29, 0.717) is 46.7 Å². The van der Waals surface area contributed by atoms with E-state index in [1.165, 1.54) is 54.2 Å². The maximum Gasteiger partial charge on any atom is 0.336 e. The summed E-state index contributed by atoms with van der Waals surface area (Å²) in [7, 11) is -3.81. The number of carbonyl (C=O) groups is 1. The average molecular weight is 521 g/mol. The fourth-order valence-corrected chi connectivity index (χ4v) is 9.07. The summed E-state index contributed by atoms with van der Waals surface area (Å²) in [5, 5.41) is 3.68. The Hall–Kier alpha value is -3.11. The van der Waals surface area contributed by atoms with E-state index in [4.69, 9.17) is 4.42 Å². The van der Waals surface area contributed by atoms with E-state index in [1.807, 2.05) is 0 Å². The van der Waals surface area contributed by atoms with Gasteiger partial charge in [0.2, 0.25) is 15.9 Å². The fraction of sp³-hybridized carbons (Fsp3) is 0.481. The molecule has 4 aliphatic carbocycles. The standard InChI is InChI=1S/C27H28N4O5S/c32-24-4-1-19-10-20(2-3-23(19)36-24)37(34,35)31-6-5-21-22(14-31)28-15-29-25(21)30-26(33)27-11-16-7-17(12-27)9-18(8-16)13-27/h1-4,10,15-18H,5-9,11-14H2,(H,28,29,30,33). The summed E-state index contributed by atoms with van der Waals surface area (Å²) >= 11 is 0. The van der Waals surface area contributed by atoms with Crippen molar-refractivity contribution in [3.8, 4) is 0 Å². The Bertz CT molecular complexity index is 1560. The molecule has 3 aromatic rings. The van der Waals surface area contributed by atoms with Crippen molar-refractivity contribution in [2.24, 2.45) is 23.2 Å². The number of carbonyl (C=O) groups excluding carboxylic acids is 1. The van der Waals surface area contributed by atoms with Gasteiger partial charge in [-0.3, -0.25) is 4.79 Å². The number of amides is 1.